The molecule has 0 bridgehead atoms. The Morgan fingerprint density at radius 3 is 2.46 bits per heavy atom. The minimum Gasteiger partial charge on any atom is -0.481 e. The Balaban J connectivity index is 0.00000167. The normalized spacial score (nSPS) is 10.4. The lowest BCUT2D eigenvalue weighted by atomic mass is 9.99. The highest BCUT2D eigenvalue weighted by atomic mass is 16.5. The van der Waals surface area contributed by atoms with Crippen LogP contribution in [-0.2, 0) is 6.54 Å². The second-order valence-electron chi connectivity index (χ2n) is 8.00. The highest BCUT2D eigenvalue weighted by Gasteiger charge is 2.15. The molecule has 4 rings (SSSR count). The van der Waals surface area contributed by atoms with Crippen LogP contribution >= 0.6 is 0 Å². The first-order valence-corrected chi connectivity index (χ1v) is 11.1. The maximum absolute atomic E-state index is 13.1. The summed E-state index contributed by atoms with van der Waals surface area (Å²) in [6, 6.07) is 20.4. The Bertz CT molecular complexity index is 1420. The number of hydrogen-bond donors (Lipinski definition) is 1. The van der Waals surface area contributed by atoms with Gasteiger partial charge in [-0.2, -0.15) is 4.98 Å². The zero-order chi connectivity index (χ0) is 25.4. The van der Waals surface area contributed by atoms with Gasteiger partial charge in [-0.3, -0.25) is 4.57 Å². The molecule has 7 heteroatoms. The monoisotopic (exact) mass is 469 g/mol. The lowest BCUT2D eigenvalue weighted by molar-refractivity contribution is 0.371. The molecule has 0 aliphatic rings. The Morgan fingerprint density at radius 2 is 1.80 bits per heavy atom. The predicted molar refractivity (Wildman–Crippen MR) is 139 cm³/mol. The number of rotatable bonds is 7. The van der Waals surface area contributed by atoms with Gasteiger partial charge in [0, 0.05) is 23.6 Å². The van der Waals surface area contributed by atoms with Crippen molar-refractivity contribution in [1.29, 1.82) is 0 Å². The fraction of sp³-hybridized carbons (Fsp3) is 0.214. The van der Waals surface area contributed by atoms with Crippen LogP contribution in [0.4, 0.5) is 5.69 Å². The number of benzene rings is 3. The van der Waals surface area contributed by atoms with Crippen molar-refractivity contribution in [2.75, 3.05) is 13.7 Å². The van der Waals surface area contributed by atoms with Gasteiger partial charge in [0.1, 0.15) is 18.0 Å². The van der Waals surface area contributed by atoms with Gasteiger partial charge in [-0.25, -0.2) is 4.79 Å². The SMILES string of the molecule is C#CCOc1ccc2c(c1)c(-c1ccc(C(C)C)cc1)nc(=O)n2Cc1ccccc1N=O.CO. The third-order valence-electron chi connectivity index (χ3n) is 5.54. The van der Waals surface area contributed by atoms with Crippen LogP contribution in [-0.4, -0.2) is 28.4 Å². The Kier molecular flexibility index (Phi) is 8.49. The smallest absolute Gasteiger partial charge is 0.348 e. The molecule has 1 aromatic heterocycles. The number of aliphatic hydroxyl groups excluding tert-OH is 1. The minimum absolute atomic E-state index is 0.134. The molecule has 0 saturated heterocycles. The van der Waals surface area contributed by atoms with E-state index in [1.807, 2.05) is 36.4 Å². The summed E-state index contributed by atoms with van der Waals surface area (Å²) < 4.78 is 7.16. The van der Waals surface area contributed by atoms with Gasteiger partial charge in [-0.05, 0) is 40.9 Å². The molecule has 4 aromatic rings. The van der Waals surface area contributed by atoms with Gasteiger partial charge >= 0.3 is 5.69 Å². The molecule has 0 aliphatic carbocycles. The van der Waals surface area contributed by atoms with Gasteiger partial charge in [0.05, 0.1) is 17.8 Å². The lowest BCUT2D eigenvalue weighted by Crippen LogP contribution is -2.24. The topological polar surface area (TPSA) is 93.8 Å². The zero-order valence-electron chi connectivity index (χ0n) is 19.9. The van der Waals surface area contributed by atoms with Gasteiger partial charge in [0.15, 0.2) is 0 Å². The molecule has 0 aliphatic heterocycles. The summed E-state index contributed by atoms with van der Waals surface area (Å²) in [7, 11) is 1.00. The van der Waals surface area contributed by atoms with Crippen molar-refractivity contribution in [1.82, 2.24) is 9.55 Å². The third kappa shape index (κ3) is 5.62. The second-order valence-corrected chi connectivity index (χ2v) is 8.00. The van der Waals surface area contributed by atoms with E-state index in [0.29, 0.717) is 34.1 Å². The number of hydrogen-bond acceptors (Lipinski definition) is 6. The van der Waals surface area contributed by atoms with Crippen molar-refractivity contribution in [3.05, 3.63) is 93.2 Å². The summed E-state index contributed by atoms with van der Waals surface area (Å²) in [5.74, 6) is 3.44. The standard InChI is InChI=1S/C27H23N3O3.CH4O/c1-4-15-33-22-13-14-25-23(16-22)26(20-11-9-19(10-12-20)18(2)3)28-27(31)30(25)17-21-7-5-6-8-24(21)29-32;1-2/h1,5-14,16,18H,15,17H2,2-3H3;2H,1H3. The lowest BCUT2D eigenvalue weighted by Gasteiger charge is -2.15. The molecule has 0 unspecified atom stereocenters. The van der Waals surface area contributed by atoms with Crippen molar-refractivity contribution in [3.8, 4) is 29.4 Å². The van der Waals surface area contributed by atoms with Gasteiger partial charge in [0.25, 0.3) is 0 Å². The first kappa shape index (κ1) is 25.3. The number of terminal acetylenes is 1. The molecule has 3 aromatic carbocycles. The van der Waals surface area contributed by atoms with Crippen LogP contribution in [0.25, 0.3) is 22.2 Å². The molecular weight excluding hydrogens is 442 g/mol. The number of aliphatic hydroxyl groups is 1. The van der Waals surface area contributed by atoms with Crippen LogP contribution in [0.1, 0.15) is 30.9 Å². The zero-order valence-corrected chi connectivity index (χ0v) is 19.9. The average Bonchev–Trinajstić information content (AvgIpc) is 2.90. The summed E-state index contributed by atoms with van der Waals surface area (Å²) in [6.45, 7) is 4.56. The second kappa shape index (κ2) is 11.7. The van der Waals surface area contributed by atoms with E-state index in [4.69, 9.17) is 16.3 Å². The molecule has 0 atom stereocenters. The largest absolute Gasteiger partial charge is 0.481 e. The molecule has 178 valence electrons. The first-order valence-electron chi connectivity index (χ1n) is 11.1. The summed E-state index contributed by atoms with van der Waals surface area (Å²) in [5.41, 5.74) is 3.79. The van der Waals surface area contributed by atoms with E-state index in [1.54, 1.807) is 30.3 Å². The van der Waals surface area contributed by atoms with Crippen LogP contribution in [0.2, 0.25) is 0 Å². The number of fused-ring (bicyclic) bond motifs is 1. The molecule has 0 radical (unpaired) electrons. The predicted octanol–water partition coefficient (Wildman–Crippen LogP) is 5.25. The molecule has 0 saturated carbocycles. The molecule has 7 nitrogen and oxygen atoms in total. The van der Waals surface area contributed by atoms with E-state index in [0.717, 1.165) is 18.1 Å². The quantitative estimate of drug-likeness (QED) is 0.295. The fourth-order valence-electron chi connectivity index (χ4n) is 3.78. The van der Waals surface area contributed by atoms with Crippen LogP contribution in [0.3, 0.4) is 0 Å². The van der Waals surface area contributed by atoms with Crippen LogP contribution in [0, 0.1) is 17.3 Å². The van der Waals surface area contributed by atoms with Gasteiger partial charge in [-0.15, -0.1) is 11.3 Å². The molecule has 1 N–H and O–H groups in total. The number of aromatic nitrogens is 2. The van der Waals surface area contributed by atoms with Gasteiger partial charge < -0.3 is 9.84 Å². The average molecular weight is 470 g/mol. The van der Waals surface area contributed by atoms with Crippen molar-refractivity contribution < 1.29 is 9.84 Å². The van der Waals surface area contributed by atoms with Crippen molar-refractivity contribution >= 4 is 16.6 Å². The number of nitrogens with zero attached hydrogens (tertiary/aromatic N) is 3. The molecular formula is C28H27N3O4. The molecule has 35 heavy (non-hydrogen) atoms. The third-order valence-corrected chi connectivity index (χ3v) is 5.54. The Hall–Kier alpha value is -4.28. The number of nitroso groups, excluding NO2 is 1. The summed E-state index contributed by atoms with van der Waals surface area (Å²) >= 11 is 0. The van der Waals surface area contributed by atoms with E-state index < -0.39 is 5.69 Å². The summed E-state index contributed by atoms with van der Waals surface area (Å²) in [6.07, 6.45) is 5.34. The summed E-state index contributed by atoms with van der Waals surface area (Å²) in [5, 5.41) is 10.8. The maximum Gasteiger partial charge on any atom is 0.348 e. The van der Waals surface area contributed by atoms with Crippen LogP contribution in [0.15, 0.2) is 76.7 Å². The van der Waals surface area contributed by atoms with Crippen LogP contribution in [0.5, 0.6) is 5.75 Å². The first-order chi connectivity index (χ1) is 17.0. The summed E-state index contributed by atoms with van der Waals surface area (Å²) in [4.78, 5) is 28.8. The van der Waals surface area contributed by atoms with E-state index >= 15 is 0 Å². The molecule has 0 fully saturated rings. The van der Waals surface area contributed by atoms with Crippen molar-refractivity contribution in [2.45, 2.75) is 26.3 Å². The molecule has 0 spiro atoms. The molecule has 0 amide bonds. The maximum atomic E-state index is 13.1. The van der Waals surface area contributed by atoms with Gasteiger partial charge in [0.2, 0.25) is 0 Å². The fourth-order valence-corrected chi connectivity index (χ4v) is 3.78. The van der Waals surface area contributed by atoms with Gasteiger partial charge in [-0.1, -0.05) is 62.2 Å². The van der Waals surface area contributed by atoms with Crippen LogP contribution < -0.4 is 10.4 Å². The Morgan fingerprint density at radius 1 is 1.09 bits per heavy atom. The van der Waals surface area contributed by atoms with Crippen molar-refractivity contribution in [2.24, 2.45) is 5.18 Å². The highest BCUT2D eigenvalue weighted by molar-refractivity contribution is 5.93. The van der Waals surface area contributed by atoms with E-state index in [2.05, 4.69) is 29.9 Å². The highest BCUT2D eigenvalue weighted by Crippen LogP contribution is 2.30. The van der Waals surface area contributed by atoms with Crippen molar-refractivity contribution in [3.63, 3.8) is 0 Å². The van der Waals surface area contributed by atoms with E-state index in [-0.39, 0.29) is 13.2 Å². The minimum atomic E-state index is -0.413. The molecule has 1 heterocycles. The Labute approximate surface area is 204 Å². The number of ether oxygens (including phenoxy) is 1. The van der Waals surface area contributed by atoms with E-state index in [1.165, 1.54) is 10.1 Å². The van der Waals surface area contributed by atoms with E-state index in [9.17, 15) is 9.70 Å².